The summed E-state index contributed by atoms with van der Waals surface area (Å²) in [5, 5.41) is 2.37. The van der Waals surface area contributed by atoms with E-state index in [0.717, 1.165) is 6.42 Å². The van der Waals surface area contributed by atoms with E-state index in [1.54, 1.807) is 12.1 Å². The van der Waals surface area contributed by atoms with Gasteiger partial charge in [0.25, 0.3) is 20.1 Å². The molecule has 1 fully saturated rings. The van der Waals surface area contributed by atoms with Crippen molar-refractivity contribution in [3.63, 3.8) is 0 Å². The zero-order valence-electron chi connectivity index (χ0n) is 20.9. The van der Waals surface area contributed by atoms with E-state index in [1.807, 2.05) is 24.3 Å². The van der Waals surface area contributed by atoms with Crippen LogP contribution in [-0.2, 0) is 4.43 Å². The maximum atomic E-state index is 13.2. The lowest BCUT2D eigenvalue weighted by Gasteiger charge is -2.45. The van der Waals surface area contributed by atoms with Crippen molar-refractivity contribution in [2.45, 2.75) is 57.7 Å². The summed E-state index contributed by atoms with van der Waals surface area (Å²) in [4.78, 5) is 27.8. The predicted octanol–water partition coefficient (Wildman–Crippen LogP) is 5.03. The Bertz CT molecular complexity index is 1160. The molecule has 4 nitrogen and oxygen atoms in total. The van der Waals surface area contributed by atoms with Crippen LogP contribution >= 0.6 is 0 Å². The van der Waals surface area contributed by atoms with Gasteiger partial charge in [-0.2, -0.15) is 0 Å². The summed E-state index contributed by atoms with van der Waals surface area (Å²) in [5.74, 6) is -0.117. The number of amides is 2. The number of rotatable bonds is 5. The Balaban J connectivity index is 1.51. The minimum Gasteiger partial charge on any atom is -0.404 e. The molecule has 0 N–H and O–H groups in total. The molecule has 0 unspecified atom stereocenters. The van der Waals surface area contributed by atoms with Crippen molar-refractivity contribution in [1.29, 1.82) is 0 Å². The van der Waals surface area contributed by atoms with E-state index in [4.69, 9.17) is 4.43 Å². The molecule has 1 heterocycles. The third-order valence-corrected chi connectivity index (χ3v) is 12.8. The van der Waals surface area contributed by atoms with Gasteiger partial charge in [0.2, 0.25) is 0 Å². The molecular weight excluding hydrogens is 450 g/mol. The summed E-state index contributed by atoms with van der Waals surface area (Å²) in [6.07, 6.45) is 1.38. The van der Waals surface area contributed by atoms with Crippen LogP contribution in [0.2, 0.25) is 5.04 Å². The van der Waals surface area contributed by atoms with Gasteiger partial charge in [-0.1, -0.05) is 100 Å². The minimum absolute atomic E-state index is 0.0457. The Hall–Kier alpha value is -3.02. The fourth-order valence-electron chi connectivity index (χ4n) is 6.01. The molecule has 1 aliphatic heterocycles. The molecule has 0 aromatic heterocycles. The van der Waals surface area contributed by atoms with E-state index in [0.29, 0.717) is 17.5 Å². The Labute approximate surface area is 209 Å². The number of hydrogen-bond acceptors (Lipinski definition) is 3. The lowest BCUT2D eigenvalue weighted by atomic mass is 10.1. The first-order chi connectivity index (χ1) is 16.7. The van der Waals surface area contributed by atoms with Crippen LogP contribution in [0.1, 0.15) is 61.3 Å². The first-order valence-corrected chi connectivity index (χ1v) is 14.4. The highest BCUT2D eigenvalue weighted by atomic mass is 28.4. The highest BCUT2D eigenvalue weighted by Gasteiger charge is 2.54. The SMILES string of the molecule is C[C@H]1C[C@@H](N2C(=O)c3ccccc3C2=O)C[C@@H]1O[Si](c1ccccc1)(c1ccccc1)C(C)(C)C. The molecular formula is C30H33NO3Si. The van der Waals surface area contributed by atoms with Crippen LogP contribution in [0.15, 0.2) is 84.9 Å². The molecule has 5 rings (SSSR count). The highest BCUT2D eigenvalue weighted by molar-refractivity contribution is 6.99. The summed E-state index contributed by atoms with van der Waals surface area (Å²) >= 11 is 0. The van der Waals surface area contributed by atoms with Gasteiger partial charge < -0.3 is 4.43 Å². The molecule has 0 spiro atoms. The first kappa shape index (κ1) is 23.7. The molecule has 3 aromatic rings. The molecule has 3 atom stereocenters. The number of carbonyl (C=O) groups excluding carboxylic acids is 2. The number of hydrogen-bond donors (Lipinski definition) is 0. The van der Waals surface area contributed by atoms with E-state index >= 15 is 0 Å². The highest BCUT2D eigenvalue weighted by Crippen LogP contribution is 2.42. The number of imide groups is 1. The predicted molar refractivity (Wildman–Crippen MR) is 142 cm³/mol. The largest absolute Gasteiger partial charge is 0.404 e. The molecule has 2 aliphatic rings. The van der Waals surface area contributed by atoms with Crippen molar-refractivity contribution in [1.82, 2.24) is 4.90 Å². The Morgan fingerprint density at radius 3 is 1.66 bits per heavy atom. The van der Waals surface area contributed by atoms with Crippen molar-refractivity contribution in [3.05, 3.63) is 96.1 Å². The van der Waals surface area contributed by atoms with E-state index in [1.165, 1.54) is 15.3 Å². The molecule has 0 bridgehead atoms. The van der Waals surface area contributed by atoms with E-state index in [-0.39, 0.29) is 34.9 Å². The summed E-state index contributed by atoms with van der Waals surface area (Å²) in [6.45, 7) is 9.03. The maximum Gasteiger partial charge on any atom is 0.261 e. The molecule has 1 saturated carbocycles. The van der Waals surface area contributed by atoms with Gasteiger partial charge >= 0.3 is 0 Å². The second-order valence-corrected chi connectivity index (χ2v) is 15.2. The van der Waals surface area contributed by atoms with Crippen molar-refractivity contribution in [3.8, 4) is 0 Å². The summed E-state index contributed by atoms with van der Waals surface area (Å²) in [6, 6.07) is 28.3. The molecule has 2 amide bonds. The maximum absolute atomic E-state index is 13.2. The normalized spacial score (nSPS) is 22.5. The van der Waals surface area contributed by atoms with Crippen LogP contribution in [0.25, 0.3) is 0 Å². The Morgan fingerprint density at radius 1 is 0.743 bits per heavy atom. The quantitative estimate of drug-likeness (QED) is 0.378. The topological polar surface area (TPSA) is 46.6 Å². The van der Waals surface area contributed by atoms with E-state index in [2.05, 4.69) is 76.2 Å². The monoisotopic (exact) mass is 483 g/mol. The second-order valence-electron chi connectivity index (χ2n) is 10.9. The molecule has 1 aliphatic carbocycles. The first-order valence-electron chi connectivity index (χ1n) is 12.5. The number of nitrogens with zero attached hydrogens (tertiary/aromatic N) is 1. The molecule has 0 radical (unpaired) electrons. The average Bonchev–Trinajstić information content (AvgIpc) is 3.33. The van der Waals surface area contributed by atoms with Crippen molar-refractivity contribution in [2.75, 3.05) is 0 Å². The van der Waals surface area contributed by atoms with Gasteiger partial charge in [0.1, 0.15) is 0 Å². The van der Waals surface area contributed by atoms with Crippen molar-refractivity contribution >= 4 is 30.5 Å². The molecule has 3 aromatic carbocycles. The van der Waals surface area contributed by atoms with Crippen molar-refractivity contribution < 1.29 is 14.0 Å². The molecule has 5 heteroatoms. The van der Waals surface area contributed by atoms with Gasteiger partial charge in [-0.3, -0.25) is 14.5 Å². The van der Waals surface area contributed by atoms with Gasteiger partial charge in [-0.25, -0.2) is 0 Å². The van der Waals surface area contributed by atoms with E-state index in [9.17, 15) is 9.59 Å². The Morgan fingerprint density at radius 2 is 1.20 bits per heavy atom. The zero-order valence-corrected chi connectivity index (χ0v) is 21.9. The molecule has 180 valence electrons. The third kappa shape index (κ3) is 3.87. The number of fused-ring (bicyclic) bond motifs is 1. The lowest BCUT2D eigenvalue weighted by Crippen LogP contribution is -2.68. The fraction of sp³-hybridized carbons (Fsp3) is 0.333. The van der Waals surface area contributed by atoms with Gasteiger partial charge in [0.05, 0.1) is 17.2 Å². The average molecular weight is 484 g/mol. The van der Waals surface area contributed by atoms with E-state index < -0.39 is 8.32 Å². The van der Waals surface area contributed by atoms with Crippen LogP contribution in [0.3, 0.4) is 0 Å². The summed E-state index contributed by atoms with van der Waals surface area (Å²) in [7, 11) is -2.71. The molecule has 35 heavy (non-hydrogen) atoms. The van der Waals surface area contributed by atoms with Crippen LogP contribution in [0.5, 0.6) is 0 Å². The fourth-order valence-corrected chi connectivity index (χ4v) is 10.8. The minimum atomic E-state index is -2.71. The van der Waals surface area contributed by atoms with Crippen LogP contribution in [0, 0.1) is 5.92 Å². The smallest absolute Gasteiger partial charge is 0.261 e. The number of carbonyl (C=O) groups is 2. The zero-order chi connectivity index (χ0) is 24.8. The van der Waals surface area contributed by atoms with Gasteiger partial charge in [-0.05, 0) is 46.3 Å². The number of benzene rings is 3. The lowest BCUT2D eigenvalue weighted by molar-refractivity contribution is 0.0577. The third-order valence-electron chi connectivity index (χ3n) is 7.72. The van der Waals surface area contributed by atoms with Gasteiger partial charge in [-0.15, -0.1) is 0 Å². The standard InChI is InChI=1S/C30H33NO3Si/c1-21-19-22(31-28(32)25-17-11-12-18-26(25)29(31)33)20-27(21)34-35(30(2,3)4,23-13-7-5-8-14-23)24-15-9-6-10-16-24/h5-18,21-22,27H,19-20H2,1-4H3/t21-,22+,27-/m0/s1. The summed E-state index contributed by atoms with van der Waals surface area (Å²) in [5.41, 5.74) is 1.03. The second kappa shape index (κ2) is 8.88. The van der Waals surface area contributed by atoms with Crippen LogP contribution in [-0.4, -0.2) is 37.2 Å². The van der Waals surface area contributed by atoms with Crippen molar-refractivity contribution in [2.24, 2.45) is 5.92 Å². The Kier molecular flexibility index (Phi) is 6.02. The van der Waals surface area contributed by atoms with Gasteiger partial charge in [0.15, 0.2) is 0 Å². The van der Waals surface area contributed by atoms with Gasteiger partial charge in [0, 0.05) is 6.04 Å². The molecule has 0 saturated heterocycles. The summed E-state index contributed by atoms with van der Waals surface area (Å²) < 4.78 is 7.37. The van der Waals surface area contributed by atoms with Crippen LogP contribution in [0.4, 0.5) is 0 Å². The van der Waals surface area contributed by atoms with Crippen LogP contribution < -0.4 is 10.4 Å².